The number of aliphatic hydroxyl groups excluding tert-OH is 1. The van der Waals surface area contributed by atoms with Crippen molar-refractivity contribution in [2.24, 2.45) is 5.92 Å². The third kappa shape index (κ3) is 6.41. The molecule has 164 valence electrons. The number of nitrogens with zero attached hydrogens (tertiary/aromatic N) is 1. The van der Waals surface area contributed by atoms with Crippen LogP contribution in [-0.2, 0) is 17.8 Å². The van der Waals surface area contributed by atoms with Gasteiger partial charge >= 0.3 is 5.97 Å². The van der Waals surface area contributed by atoms with Gasteiger partial charge in [0.25, 0.3) is 0 Å². The second kappa shape index (κ2) is 11.3. The third-order valence-corrected chi connectivity index (χ3v) is 5.92. The molecule has 4 nitrogen and oxygen atoms in total. The molecule has 0 spiro atoms. The molecule has 0 aliphatic rings. The van der Waals surface area contributed by atoms with Crippen LogP contribution in [0.25, 0.3) is 0 Å². The number of hydrogen-bond donors (Lipinski definition) is 2. The molecule has 0 aromatic heterocycles. The van der Waals surface area contributed by atoms with Crippen molar-refractivity contribution in [3.05, 3.63) is 70.8 Å². The monoisotopic (exact) mass is 411 g/mol. The Hall–Kier alpha value is -2.17. The fraction of sp³-hybridized carbons (Fsp3) is 0.500. The average Bonchev–Trinajstić information content (AvgIpc) is 2.71. The van der Waals surface area contributed by atoms with Gasteiger partial charge in [-0.15, -0.1) is 0 Å². The highest BCUT2D eigenvalue weighted by molar-refractivity contribution is 5.70. The summed E-state index contributed by atoms with van der Waals surface area (Å²) >= 11 is 0. The summed E-state index contributed by atoms with van der Waals surface area (Å²) in [6.45, 7) is 11.6. The predicted molar refractivity (Wildman–Crippen MR) is 123 cm³/mol. The lowest BCUT2D eigenvalue weighted by molar-refractivity contribution is -0.141. The van der Waals surface area contributed by atoms with Crippen LogP contribution in [0.1, 0.15) is 69.2 Å². The summed E-state index contributed by atoms with van der Waals surface area (Å²) in [5.41, 5.74) is 4.27. The number of carboxylic acids is 1. The lowest BCUT2D eigenvalue weighted by Gasteiger charge is -2.33. The maximum Gasteiger partial charge on any atom is 0.306 e. The van der Waals surface area contributed by atoms with Gasteiger partial charge in [0, 0.05) is 18.0 Å². The van der Waals surface area contributed by atoms with E-state index in [9.17, 15) is 15.0 Å². The quantitative estimate of drug-likeness (QED) is 0.541. The highest BCUT2D eigenvalue weighted by Crippen LogP contribution is 2.33. The Balaban J connectivity index is 2.47. The van der Waals surface area contributed by atoms with E-state index >= 15 is 0 Å². The zero-order valence-electron chi connectivity index (χ0n) is 19.0. The number of hydrogen-bond acceptors (Lipinski definition) is 3. The molecule has 0 radical (unpaired) electrons. The first-order chi connectivity index (χ1) is 14.2. The lowest BCUT2D eigenvalue weighted by atomic mass is 9.82. The lowest BCUT2D eigenvalue weighted by Crippen LogP contribution is -2.38. The van der Waals surface area contributed by atoms with Crippen LogP contribution >= 0.6 is 0 Å². The van der Waals surface area contributed by atoms with Gasteiger partial charge in [-0.3, -0.25) is 9.69 Å². The van der Waals surface area contributed by atoms with Crippen molar-refractivity contribution in [1.82, 2.24) is 4.90 Å². The molecule has 30 heavy (non-hydrogen) atoms. The molecular formula is C26H37NO3. The van der Waals surface area contributed by atoms with Gasteiger partial charge < -0.3 is 10.2 Å². The highest BCUT2D eigenvalue weighted by atomic mass is 16.4. The molecule has 0 fully saturated rings. The second-order valence-corrected chi connectivity index (χ2v) is 8.81. The maximum absolute atomic E-state index is 11.5. The largest absolute Gasteiger partial charge is 0.481 e. The van der Waals surface area contributed by atoms with Gasteiger partial charge in [-0.05, 0) is 69.3 Å². The number of aliphatic hydroxyl groups is 1. The normalized spacial score (nSPS) is 13.8. The van der Waals surface area contributed by atoms with Crippen LogP contribution < -0.4 is 0 Å². The fourth-order valence-corrected chi connectivity index (χ4v) is 4.25. The number of benzene rings is 2. The Bertz CT molecular complexity index is 793. The molecular weight excluding hydrogens is 374 g/mol. The summed E-state index contributed by atoms with van der Waals surface area (Å²) in [7, 11) is 0. The van der Waals surface area contributed by atoms with Crippen molar-refractivity contribution in [2.75, 3.05) is 6.54 Å². The van der Waals surface area contributed by atoms with Crippen LogP contribution in [0.2, 0.25) is 0 Å². The standard InChI is InChI=1S/C26H37NO3/c1-18(2)27(19(3)4)14-13-24(22-9-7-6-8-10-22)25-16-21(17-28)11-12-23(25)15-20(5)26(29)30/h6-12,16,18-20,24,28H,13-15,17H2,1-5H3,(H,29,30). The van der Waals surface area contributed by atoms with E-state index in [0.717, 1.165) is 29.7 Å². The van der Waals surface area contributed by atoms with Crippen LogP contribution in [0.3, 0.4) is 0 Å². The van der Waals surface area contributed by atoms with Gasteiger partial charge in [0.05, 0.1) is 12.5 Å². The number of aliphatic carboxylic acids is 1. The Morgan fingerprint density at radius 1 is 0.967 bits per heavy atom. The fourth-order valence-electron chi connectivity index (χ4n) is 4.25. The minimum absolute atomic E-state index is 0.0204. The average molecular weight is 412 g/mol. The van der Waals surface area contributed by atoms with Crippen molar-refractivity contribution in [2.45, 2.75) is 72.1 Å². The Morgan fingerprint density at radius 3 is 2.13 bits per heavy atom. The number of carbonyl (C=O) groups is 1. The van der Waals surface area contributed by atoms with E-state index in [4.69, 9.17) is 0 Å². The first-order valence-electron chi connectivity index (χ1n) is 11.0. The molecule has 0 heterocycles. The van der Waals surface area contributed by atoms with E-state index in [1.807, 2.05) is 18.2 Å². The first kappa shape index (κ1) is 24.1. The molecule has 4 heteroatoms. The minimum Gasteiger partial charge on any atom is -0.481 e. The van der Waals surface area contributed by atoms with Gasteiger partial charge in [-0.2, -0.15) is 0 Å². The van der Waals surface area contributed by atoms with E-state index in [0.29, 0.717) is 18.5 Å². The van der Waals surface area contributed by atoms with Gasteiger partial charge in [-0.25, -0.2) is 0 Å². The van der Waals surface area contributed by atoms with Crippen molar-refractivity contribution in [3.8, 4) is 0 Å². The van der Waals surface area contributed by atoms with E-state index in [1.165, 1.54) is 5.56 Å². The smallest absolute Gasteiger partial charge is 0.306 e. The van der Waals surface area contributed by atoms with Crippen LogP contribution in [0.15, 0.2) is 48.5 Å². The Kier molecular flexibility index (Phi) is 9.07. The van der Waals surface area contributed by atoms with E-state index in [1.54, 1.807) is 6.92 Å². The molecule has 0 aliphatic carbocycles. The van der Waals surface area contributed by atoms with Gasteiger partial charge in [-0.1, -0.05) is 55.5 Å². The number of carboxylic acid groups (broad SMARTS) is 1. The van der Waals surface area contributed by atoms with E-state index in [-0.39, 0.29) is 12.5 Å². The molecule has 2 N–H and O–H groups in total. The van der Waals surface area contributed by atoms with Crippen LogP contribution in [-0.4, -0.2) is 39.7 Å². The van der Waals surface area contributed by atoms with Gasteiger partial charge in [0.15, 0.2) is 0 Å². The summed E-state index contributed by atoms with van der Waals surface area (Å²) in [4.78, 5) is 14.0. The summed E-state index contributed by atoms with van der Waals surface area (Å²) < 4.78 is 0. The predicted octanol–water partition coefficient (Wildman–Crippen LogP) is 5.08. The molecule has 2 aromatic rings. The summed E-state index contributed by atoms with van der Waals surface area (Å²) in [6.07, 6.45) is 1.42. The summed E-state index contributed by atoms with van der Waals surface area (Å²) in [5, 5.41) is 19.2. The molecule has 2 atom stereocenters. The topological polar surface area (TPSA) is 60.8 Å². The highest BCUT2D eigenvalue weighted by Gasteiger charge is 2.23. The Labute approximate surface area is 181 Å². The molecule has 0 bridgehead atoms. The third-order valence-electron chi connectivity index (χ3n) is 5.92. The molecule has 2 unspecified atom stereocenters. The molecule has 0 saturated carbocycles. The first-order valence-corrected chi connectivity index (χ1v) is 11.0. The van der Waals surface area contributed by atoms with Crippen LogP contribution in [0.4, 0.5) is 0 Å². The van der Waals surface area contributed by atoms with Crippen LogP contribution in [0, 0.1) is 5.92 Å². The zero-order valence-corrected chi connectivity index (χ0v) is 19.0. The minimum atomic E-state index is -0.783. The summed E-state index contributed by atoms with van der Waals surface area (Å²) in [6, 6.07) is 17.3. The molecule has 0 amide bonds. The van der Waals surface area contributed by atoms with Crippen molar-refractivity contribution < 1.29 is 15.0 Å². The van der Waals surface area contributed by atoms with Crippen molar-refractivity contribution in [3.63, 3.8) is 0 Å². The SMILES string of the molecule is CC(Cc1ccc(CO)cc1C(CCN(C(C)C)C(C)C)c1ccccc1)C(=O)O. The molecule has 2 aromatic carbocycles. The summed E-state index contributed by atoms with van der Waals surface area (Å²) in [5.74, 6) is -1.09. The zero-order chi connectivity index (χ0) is 22.3. The molecule has 0 aliphatic heterocycles. The maximum atomic E-state index is 11.5. The number of rotatable bonds is 11. The van der Waals surface area contributed by atoms with Gasteiger partial charge in [0.1, 0.15) is 0 Å². The van der Waals surface area contributed by atoms with Crippen LogP contribution in [0.5, 0.6) is 0 Å². The van der Waals surface area contributed by atoms with Crippen molar-refractivity contribution >= 4 is 5.97 Å². The van der Waals surface area contributed by atoms with Crippen molar-refractivity contribution in [1.29, 1.82) is 0 Å². The Morgan fingerprint density at radius 2 is 1.60 bits per heavy atom. The second-order valence-electron chi connectivity index (χ2n) is 8.81. The molecule has 2 rings (SSSR count). The van der Waals surface area contributed by atoms with E-state index in [2.05, 4.69) is 62.9 Å². The van der Waals surface area contributed by atoms with E-state index < -0.39 is 11.9 Å². The molecule has 0 saturated heterocycles. The van der Waals surface area contributed by atoms with Gasteiger partial charge in [0.2, 0.25) is 0 Å².